The summed E-state index contributed by atoms with van der Waals surface area (Å²) in [6.07, 6.45) is -0.744. The van der Waals surface area contributed by atoms with Crippen molar-refractivity contribution in [1.82, 2.24) is 10.3 Å². The molecule has 0 spiro atoms. The van der Waals surface area contributed by atoms with Crippen LogP contribution >= 0.6 is 0 Å². The maximum Gasteiger partial charge on any atom is 0.319 e. The molecule has 2 atom stereocenters. The van der Waals surface area contributed by atoms with E-state index >= 15 is 0 Å². The number of carbonyl (C=O) groups excluding carboxylic acids is 1. The number of aliphatic hydroxyl groups is 2. The summed E-state index contributed by atoms with van der Waals surface area (Å²) in [5.41, 5.74) is 5.25. The van der Waals surface area contributed by atoms with Gasteiger partial charge in [0, 0.05) is 11.1 Å². The highest BCUT2D eigenvalue weighted by atomic mass is 19.2. The second-order valence-corrected chi connectivity index (χ2v) is 10.9. The van der Waals surface area contributed by atoms with Gasteiger partial charge in [0.2, 0.25) is 0 Å². The molecular weight excluding hydrogens is 512 g/mol. The lowest BCUT2D eigenvalue weighted by atomic mass is 9.69. The Balaban J connectivity index is 1.49. The highest BCUT2D eigenvalue weighted by Gasteiger charge is 2.40. The molecule has 40 heavy (non-hydrogen) atoms. The molecule has 0 fully saturated rings. The van der Waals surface area contributed by atoms with E-state index in [1.807, 2.05) is 81.4 Å². The molecule has 8 heteroatoms. The van der Waals surface area contributed by atoms with Crippen LogP contribution in [0.3, 0.4) is 0 Å². The van der Waals surface area contributed by atoms with Crippen molar-refractivity contribution in [3.8, 4) is 22.5 Å². The van der Waals surface area contributed by atoms with Crippen LogP contribution in [0.4, 0.5) is 19.3 Å². The van der Waals surface area contributed by atoms with Gasteiger partial charge in [-0.3, -0.25) is 0 Å². The average molecular weight is 544 g/mol. The minimum atomic E-state index is -1.04. The molecule has 0 saturated carbocycles. The molecule has 2 amide bonds. The summed E-state index contributed by atoms with van der Waals surface area (Å²) < 4.78 is 28.3. The standard InChI is InChI=1S/C32H31F2N3O3/c1-18-13-26(29(20-7-5-4-6-8-20)36-28(18)21-11-9-19(17-38)10-12-21)35-31(40)37-30-22-14-24(33)25(34)15-23(22)32(2,3)16-27(30)39/h4-15,27,30,38-39H,16-17H2,1-3H3,(H2,35,37,40)/t27-,30-/m1/s1. The SMILES string of the molecule is Cc1cc(NC(=O)N[C@@H]2c3cc(F)c(F)cc3C(C)(C)C[C@H]2O)c(-c2ccccc2)nc1-c1ccc(CO)cc1. The van der Waals surface area contributed by atoms with E-state index in [1.165, 1.54) is 0 Å². The van der Waals surface area contributed by atoms with Crippen molar-refractivity contribution in [1.29, 1.82) is 0 Å². The average Bonchev–Trinajstić information content (AvgIpc) is 2.93. The fourth-order valence-corrected chi connectivity index (χ4v) is 5.42. The minimum Gasteiger partial charge on any atom is -0.392 e. The van der Waals surface area contributed by atoms with Crippen molar-refractivity contribution in [3.63, 3.8) is 0 Å². The van der Waals surface area contributed by atoms with Crippen LogP contribution in [0.15, 0.2) is 72.8 Å². The summed E-state index contributed by atoms with van der Waals surface area (Å²) >= 11 is 0. The molecule has 0 saturated heterocycles. The van der Waals surface area contributed by atoms with Gasteiger partial charge in [-0.2, -0.15) is 0 Å². The van der Waals surface area contributed by atoms with E-state index in [9.17, 15) is 23.8 Å². The van der Waals surface area contributed by atoms with E-state index in [1.54, 1.807) is 0 Å². The highest BCUT2D eigenvalue weighted by molar-refractivity contribution is 5.94. The molecule has 4 N–H and O–H groups in total. The summed E-state index contributed by atoms with van der Waals surface area (Å²) in [7, 11) is 0. The smallest absolute Gasteiger partial charge is 0.319 e. The molecule has 0 aliphatic heterocycles. The zero-order valence-electron chi connectivity index (χ0n) is 22.5. The Morgan fingerprint density at radius 1 is 0.975 bits per heavy atom. The molecule has 0 radical (unpaired) electrons. The number of pyridine rings is 1. The molecular formula is C32H31F2N3O3. The van der Waals surface area contributed by atoms with Gasteiger partial charge in [-0.05, 0) is 59.2 Å². The molecule has 1 heterocycles. The van der Waals surface area contributed by atoms with Gasteiger partial charge in [-0.25, -0.2) is 18.6 Å². The van der Waals surface area contributed by atoms with Gasteiger partial charge in [0.1, 0.15) is 0 Å². The Labute approximate surface area is 231 Å². The first-order valence-corrected chi connectivity index (χ1v) is 13.1. The Hall–Kier alpha value is -4.14. The molecule has 3 aromatic carbocycles. The number of aryl methyl sites for hydroxylation is 1. The third-order valence-electron chi connectivity index (χ3n) is 7.47. The Morgan fingerprint density at radius 2 is 1.62 bits per heavy atom. The number of aromatic nitrogens is 1. The van der Waals surface area contributed by atoms with Gasteiger partial charge in [0.05, 0.1) is 35.8 Å². The molecule has 5 rings (SSSR count). The zero-order valence-corrected chi connectivity index (χ0v) is 22.5. The maximum absolute atomic E-state index is 14.2. The molecule has 1 aromatic heterocycles. The van der Waals surface area contributed by atoms with Gasteiger partial charge in [0.25, 0.3) is 0 Å². The number of hydrogen-bond acceptors (Lipinski definition) is 4. The van der Waals surface area contributed by atoms with Gasteiger partial charge in [-0.15, -0.1) is 0 Å². The number of carbonyl (C=O) groups is 1. The lowest BCUT2D eigenvalue weighted by Crippen LogP contribution is -2.45. The van der Waals surface area contributed by atoms with Crippen molar-refractivity contribution < 1.29 is 23.8 Å². The number of anilines is 1. The van der Waals surface area contributed by atoms with Crippen molar-refractivity contribution in [2.24, 2.45) is 0 Å². The maximum atomic E-state index is 14.2. The second kappa shape index (κ2) is 10.8. The zero-order chi connectivity index (χ0) is 28.6. The Morgan fingerprint density at radius 3 is 2.30 bits per heavy atom. The third kappa shape index (κ3) is 5.33. The normalized spacial score (nSPS) is 17.7. The largest absolute Gasteiger partial charge is 0.392 e. The number of rotatable bonds is 5. The number of nitrogens with one attached hydrogen (secondary N) is 2. The van der Waals surface area contributed by atoms with Gasteiger partial charge < -0.3 is 20.8 Å². The van der Waals surface area contributed by atoms with E-state index in [-0.39, 0.29) is 13.0 Å². The van der Waals surface area contributed by atoms with Crippen molar-refractivity contribution >= 4 is 11.7 Å². The Kier molecular flexibility index (Phi) is 7.40. The number of fused-ring (bicyclic) bond motifs is 1. The van der Waals surface area contributed by atoms with Crippen LogP contribution in [0, 0.1) is 18.6 Å². The molecule has 0 unspecified atom stereocenters. The summed E-state index contributed by atoms with van der Waals surface area (Å²) in [4.78, 5) is 18.2. The molecule has 0 bridgehead atoms. The second-order valence-electron chi connectivity index (χ2n) is 10.9. The molecule has 4 aromatic rings. The molecule has 1 aliphatic carbocycles. The number of halogens is 2. The topological polar surface area (TPSA) is 94.5 Å². The van der Waals surface area contributed by atoms with Crippen molar-refractivity contribution in [2.45, 2.75) is 51.4 Å². The summed E-state index contributed by atoms with van der Waals surface area (Å²) in [6.45, 7) is 5.53. The number of amides is 2. The predicted molar refractivity (Wildman–Crippen MR) is 151 cm³/mol. The fraction of sp³-hybridized carbons (Fsp3) is 0.250. The molecule has 206 valence electrons. The van der Waals surface area contributed by atoms with Crippen LogP contribution in [0.2, 0.25) is 0 Å². The number of hydrogen-bond donors (Lipinski definition) is 4. The summed E-state index contributed by atoms with van der Waals surface area (Å²) in [5, 5.41) is 26.0. The van der Waals surface area contributed by atoms with Crippen molar-refractivity contribution in [2.75, 3.05) is 5.32 Å². The van der Waals surface area contributed by atoms with Crippen LogP contribution in [0.5, 0.6) is 0 Å². The first-order chi connectivity index (χ1) is 19.1. The fourth-order valence-electron chi connectivity index (χ4n) is 5.42. The van der Waals surface area contributed by atoms with E-state index in [0.717, 1.165) is 40.1 Å². The number of aliphatic hydroxyl groups excluding tert-OH is 2. The van der Waals surface area contributed by atoms with E-state index in [4.69, 9.17) is 4.98 Å². The van der Waals surface area contributed by atoms with Gasteiger partial charge >= 0.3 is 6.03 Å². The number of benzene rings is 3. The van der Waals surface area contributed by atoms with Gasteiger partial charge in [0.15, 0.2) is 11.6 Å². The predicted octanol–water partition coefficient (Wildman–Crippen LogP) is 6.40. The quantitative estimate of drug-likeness (QED) is 0.234. The monoisotopic (exact) mass is 543 g/mol. The number of nitrogens with zero attached hydrogens (tertiary/aromatic N) is 1. The summed E-state index contributed by atoms with van der Waals surface area (Å²) in [6, 6.07) is 19.3. The van der Waals surface area contributed by atoms with Crippen LogP contribution in [-0.4, -0.2) is 27.3 Å². The molecule has 6 nitrogen and oxygen atoms in total. The van der Waals surface area contributed by atoms with Crippen LogP contribution in [-0.2, 0) is 12.0 Å². The highest BCUT2D eigenvalue weighted by Crippen LogP contribution is 2.42. The van der Waals surface area contributed by atoms with E-state index < -0.39 is 35.2 Å². The van der Waals surface area contributed by atoms with Gasteiger partial charge in [-0.1, -0.05) is 68.4 Å². The lowest BCUT2D eigenvalue weighted by Gasteiger charge is -2.40. The first-order valence-electron chi connectivity index (χ1n) is 13.1. The van der Waals surface area contributed by atoms with Crippen LogP contribution in [0.25, 0.3) is 22.5 Å². The van der Waals surface area contributed by atoms with Crippen LogP contribution in [0.1, 0.15) is 48.6 Å². The van der Waals surface area contributed by atoms with Crippen molar-refractivity contribution in [3.05, 3.63) is 107 Å². The molecule has 1 aliphatic rings. The van der Waals surface area contributed by atoms with E-state index in [2.05, 4.69) is 10.6 Å². The third-order valence-corrected chi connectivity index (χ3v) is 7.47. The summed E-state index contributed by atoms with van der Waals surface area (Å²) in [5.74, 6) is -2.00. The first kappa shape index (κ1) is 27.4. The lowest BCUT2D eigenvalue weighted by molar-refractivity contribution is 0.0878. The minimum absolute atomic E-state index is 0.0564. The number of urea groups is 1. The Bertz CT molecular complexity index is 1560. The van der Waals surface area contributed by atoms with E-state index in [0.29, 0.717) is 22.5 Å². The van der Waals surface area contributed by atoms with Crippen LogP contribution < -0.4 is 10.6 Å².